The lowest BCUT2D eigenvalue weighted by molar-refractivity contribution is 0.0590. The number of halogens is 1. The van der Waals surface area contributed by atoms with Gasteiger partial charge in [0, 0.05) is 23.5 Å². The van der Waals surface area contributed by atoms with Crippen LogP contribution in [-0.2, 0) is 13.0 Å². The lowest BCUT2D eigenvalue weighted by atomic mass is 10.0. The van der Waals surface area contributed by atoms with E-state index in [0.29, 0.717) is 16.9 Å². The lowest BCUT2D eigenvalue weighted by Crippen LogP contribution is -2.47. The van der Waals surface area contributed by atoms with Gasteiger partial charge in [0.15, 0.2) is 0 Å². The average molecular weight is 340 g/mol. The van der Waals surface area contributed by atoms with Gasteiger partial charge in [-0.3, -0.25) is 9.48 Å². The second kappa shape index (κ2) is 5.51. The van der Waals surface area contributed by atoms with E-state index in [1.54, 1.807) is 0 Å². The highest BCUT2D eigenvalue weighted by Gasteiger charge is 2.43. The molecule has 2 aliphatic rings. The number of carbonyl (C=O) groups excluding carboxylic acids is 1. The van der Waals surface area contributed by atoms with Crippen LogP contribution in [-0.4, -0.2) is 37.5 Å². The van der Waals surface area contributed by atoms with Crippen LogP contribution in [0.2, 0.25) is 0 Å². The van der Waals surface area contributed by atoms with Gasteiger partial charge >= 0.3 is 0 Å². The van der Waals surface area contributed by atoms with Crippen molar-refractivity contribution in [1.82, 2.24) is 14.7 Å². The number of alkyl halides is 1. The first kappa shape index (κ1) is 14.1. The molecule has 1 aromatic heterocycles. The van der Waals surface area contributed by atoms with Gasteiger partial charge in [-0.1, -0.05) is 22.9 Å². The van der Waals surface area contributed by atoms with Crippen molar-refractivity contribution in [3.05, 3.63) is 17.5 Å². The summed E-state index contributed by atoms with van der Waals surface area (Å²) < 4.78 is 1.86. The lowest BCUT2D eigenvalue weighted by Gasteiger charge is -2.37. The summed E-state index contributed by atoms with van der Waals surface area (Å²) in [5, 5.41) is 4.51. The molecule has 1 aromatic rings. The van der Waals surface area contributed by atoms with Crippen molar-refractivity contribution in [3.8, 4) is 0 Å². The van der Waals surface area contributed by atoms with Crippen LogP contribution in [0.1, 0.15) is 55.7 Å². The maximum Gasteiger partial charge on any atom is 0.272 e. The van der Waals surface area contributed by atoms with Gasteiger partial charge in [-0.2, -0.15) is 5.10 Å². The van der Waals surface area contributed by atoms with Gasteiger partial charge in [0.05, 0.1) is 5.69 Å². The molecule has 2 atom stereocenters. The van der Waals surface area contributed by atoms with E-state index in [0.717, 1.165) is 50.0 Å². The first-order valence-electron chi connectivity index (χ1n) is 7.67. The van der Waals surface area contributed by atoms with Crippen molar-refractivity contribution in [3.63, 3.8) is 0 Å². The van der Waals surface area contributed by atoms with E-state index in [9.17, 15) is 4.79 Å². The monoisotopic (exact) mass is 339 g/mol. The topological polar surface area (TPSA) is 38.1 Å². The summed E-state index contributed by atoms with van der Waals surface area (Å²) in [4.78, 5) is 15.6. The van der Waals surface area contributed by atoms with Gasteiger partial charge in [-0.25, -0.2) is 0 Å². The highest BCUT2D eigenvalue weighted by Crippen LogP contribution is 2.39. The summed E-state index contributed by atoms with van der Waals surface area (Å²) in [7, 11) is 0. The molecule has 5 heteroatoms. The maximum atomic E-state index is 12.9. The standard InChI is InChI=1S/C15H22BrN3O/c1-3-11-9-14(18(4-2)17-11)15(20)19-12-5-6-13(19)8-10(16)7-12/h9-10,12-13H,3-8H2,1-2H3. The molecule has 0 N–H and O–H groups in total. The number of hydrogen-bond donors (Lipinski definition) is 0. The van der Waals surface area contributed by atoms with E-state index in [1.807, 2.05) is 17.7 Å². The molecule has 0 aliphatic carbocycles. The van der Waals surface area contributed by atoms with Crippen molar-refractivity contribution < 1.29 is 4.79 Å². The largest absolute Gasteiger partial charge is 0.331 e. The molecule has 1 amide bonds. The Morgan fingerprint density at radius 3 is 2.55 bits per heavy atom. The second-order valence-electron chi connectivity index (χ2n) is 5.86. The van der Waals surface area contributed by atoms with E-state index in [4.69, 9.17) is 0 Å². The van der Waals surface area contributed by atoms with E-state index in [1.165, 1.54) is 0 Å². The zero-order valence-electron chi connectivity index (χ0n) is 12.2. The van der Waals surface area contributed by atoms with Crippen molar-refractivity contribution in [2.24, 2.45) is 0 Å². The van der Waals surface area contributed by atoms with Gasteiger partial charge in [-0.15, -0.1) is 0 Å². The van der Waals surface area contributed by atoms with Crippen molar-refractivity contribution in [2.75, 3.05) is 0 Å². The number of piperidine rings is 1. The minimum Gasteiger partial charge on any atom is -0.331 e. The molecule has 20 heavy (non-hydrogen) atoms. The minimum absolute atomic E-state index is 0.186. The number of amides is 1. The molecule has 0 spiro atoms. The Hall–Kier alpha value is -0.840. The molecule has 110 valence electrons. The minimum atomic E-state index is 0.186. The van der Waals surface area contributed by atoms with Crippen molar-refractivity contribution in [1.29, 1.82) is 0 Å². The van der Waals surface area contributed by atoms with E-state index < -0.39 is 0 Å². The smallest absolute Gasteiger partial charge is 0.272 e. The number of rotatable bonds is 3. The van der Waals surface area contributed by atoms with Crippen LogP contribution in [0.5, 0.6) is 0 Å². The van der Waals surface area contributed by atoms with Gasteiger partial charge in [0.2, 0.25) is 0 Å². The summed E-state index contributed by atoms with van der Waals surface area (Å²) in [5.74, 6) is 0.186. The third kappa shape index (κ3) is 2.30. The molecule has 3 heterocycles. The van der Waals surface area contributed by atoms with Crippen molar-refractivity contribution >= 4 is 21.8 Å². The third-order valence-electron chi connectivity index (χ3n) is 4.62. The van der Waals surface area contributed by atoms with Crippen LogP contribution < -0.4 is 0 Å². The fraction of sp³-hybridized carbons (Fsp3) is 0.733. The SMILES string of the molecule is CCc1cc(C(=O)N2C3CCC2CC(Br)C3)n(CC)n1. The van der Waals surface area contributed by atoms with E-state index >= 15 is 0 Å². The Bertz CT molecular complexity index is 499. The van der Waals surface area contributed by atoms with Crippen LogP contribution in [0.3, 0.4) is 0 Å². The van der Waals surface area contributed by atoms with Crippen molar-refractivity contribution in [2.45, 2.75) is 69.4 Å². The molecular formula is C15H22BrN3O. The Balaban J connectivity index is 1.88. The number of aromatic nitrogens is 2. The summed E-state index contributed by atoms with van der Waals surface area (Å²) in [6.07, 6.45) is 5.36. The molecule has 0 radical (unpaired) electrons. The maximum absolute atomic E-state index is 12.9. The van der Waals surface area contributed by atoms with Crippen LogP contribution in [0.15, 0.2) is 6.07 Å². The molecule has 4 nitrogen and oxygen atoms in total. The quantitative estimate of drug-likeness (QED) is 0.794. The Morgan fingerprint density at radius 2 is 2.00 bits per heavy atom. The average Bonchev–Trinajstić information content (AvgIpc) is 2.97. The fourth-order valence-electron chi connectivity index (χ4n) is 3.63. The number of hydrogen-bond acceptors (Lipinski definition) is 2. The van der Waals surface area contributed by atoms with Crippen LogP contribution >= 0.6 is 15.9 Å². The number of carbonyl (C=O) groups is 1. The molecule has 2 fully saturated rings. The molecule has 0 saturated carbocycles. The zero-order chi connectivity index (χ0) is 14.3. The molecule has 3 rings (SSSR count). The first-order chi connectivity index (χ1) is 9.63. The van der Waals surface area contributed by atoms with E-state index in [-0.39, 0.29) is 5.91 Å². The molecule has 0 aromatic carbocycles. The second-order valence-corrected chi connectivity index (χ2v) is 7.15. The molecule has 2 saturated heterocycles. The van der Waals surface area contributed by atoms with Gasteiger partial charge in [0.1, 0.15) is 5.69 Å². The predicted molar refractivity (Wildman–Crippen MR) is 82.2 cm³/mol. The third-order valence-corrected chi connectivity index (χ3v) is 5.37. The molecular weight excluding hydrogens is 318 g/mol. The molecule has 2 aliphatic heterocycles. The highest BCUT2D eigenvalue weighted by molar-refractivity contribution is 9.09. The number of fused-ring (bicyclic) bond motifs is 2. The summed E-state index contributed by atoms with van der Waals surface area (Å²) >= 11 is 3.73. The molecule has 2 unspecified atom stereocenters. The Labute approximate surface area is 128 Å². The summed E-state index contributed by atoms with van der Waals surface area (Å²) in [5.41, 5.74) is 1.78. The van der Waals surface area contributed by atoms with Gasteiger partial charge in [0.25, 0.3) is 5.91 Å². The Kier molecular flexibility index (Phi) is 3.89. The number of aryl methyl sites for hydroxylation is 2. The first-order valence-corrected chi connectivity index (χ1v) is 8.59. The van der Waals surface area contributed by atoms with E-state index in [2.05, 4.69) is 32.9 Å². The number of nitrogens with zero attached hydrogens (tertiary/aromatic N) is 3. The summed E-state index contributed by atoms with van der Waals surface area (Å²) in [6.45, 7) is 4.88. The highest BCUT2D eigenvalue weighted by atomic mass is 79.9. The van der Waals surface area contributed by atoms with Gasteiger partial charge < -0.3 is 4.90 Å². The normalized spacial score (nSPS) is 28.9. The van der Waals surface area contributed by atoms with Crippen LogP contribution in [0, 0.1) is 0 Å². The van der Waals surface area contributed by atoms with Crippen LogP contribution in [0.4, 0.5) is 0 Å². The van der Waals surface area contributed by atoms with Crippen LogP contribution in [0.25, 0.3) is 0 Å². The molecule has 2 bridgehead atoms. The zero-order valence-corrected chi connectivity index (χ0v) is 13.8. The Morgan fingerprint density at radius 1 is 1.35 bits per heavy atom. The predicted octanol–water partition coefficient (Wildman–Crippen LogP) is 3.00. The summed E-state index contributed by atoms with van der Waals surface area (Å²) in [6, 6.07) is 2.80. The van der Waals surface area contributed by atoms with Gasteiger partial charge in [-0.05, 0) is 45.1 Å². The fourth-order valence-corrected chi connectivity index (χ4v) is 4.49.